The molecule has 2 amide bonds. The Labute approximate surface area is 269 Å². The number of halogens is 3. The van der Waals surface area contributed by atoms with E-state index in [0.29, 0.717) is 21.5 Å². The minimum absolute atomic E-state index is 0.124. The Balaban J connectivity index is 1.85. The Morgan fingerprint density at radius 2 is 1.73 bits per heavy atom. The second-order valence-corrected chi connectivity index (χ2v) is 10.2. The van der Waals surface area contributed by atoms with E-state index in [0.717, 1.165) is 18.2 Å². The molecule has 48 heavy (non-hydrogen) atoms. The summed E-state index contributed by atoms with van der Waals surface area (Å²) >= 11 is 0. The van der Waals surface area contributed by atoms with Crippen LogP contribution in [-0.2, 0) is 9.59 Å². The number of nitrogens with zero attached hydrogens (tertiary/aromatic N) is 3. The maximum absolute atomic E-state index is 13.3. The van der Waals surface area contributed by atoms with Crippen molar-refractivity contribution < 1.29 is 41.8 Å². The lowest BCUT2D eigenvalue weighted by atomic mass is 10.0. The summed E-state index contributed by atoms with van der Waals surface area (Å²) < 4.78 is 55.4. The number of amides is 2. The summed E-state index contributed by atoms with van der Waals surface area (Å²) in [5.74, 6) is -4.77. The summed E-state index contributed by atoms with van der Waals surface area (Å²) in [5, 5.41) is 15.1. The number of nitrogen functional groups attached to an aromatic ring is 1. The molecule has 0 bridgehead atoms. The second-order valence-electron chi connectivity index (χ2n) is 10.2. The summed E-state index contributed by atoms with van der Waals surface area (Å²) in [4.78, 5) is 53.2. The summed E-state index contributed by atoms with van der Waals surface area (Å²) in [6, 6.07) is 13.1. The third-order valence-corrected chi connectivity index (χ3v) is 6.70. The topological polar surface area (TPSA) is 221 Å². The normalized spacial score (nSPS) is 11.7. The van der Waals surface area contributed by atoms with Gasteiger partial charge in [0.1, 0.15) is 17.6 Å². The van der Waals surface area contributed by atoms with Crippen molar-refractivity contribution in [1.29, 1.82) is 5.41 Å². The number of H-pyrrole nitrogens is 1. The van der Waals surface area contributed by atoms with E-state index in [4.69, 9.17) is 26.4 Å². The number of anilines is 1. The number of aromatic amines is 1. The van der Waals surface area contributed by atoms with Crippen LogP contribution in [0.3, 0.4) is 0 Å². The second kappa shape index (κ2) is 14.0. The largest absolute Gasteiger partial charge is 0.493 e. The van der Waals surface area contributed by atoms with Gasteiger partial charge in [0.25, 0.3) is 11.8 Å². The molecular formula is C30H29F3N8O7. The van der Waals surface area contributed by atoms with E-state index in [1.165, 1.54) is 24.1 Å². The number of carbonyl (C=O) groups excluding carboxylic acids is 3. The lowest BCUT2D eigenvalue weighted by Crippen LogP contribution is -2.29. The van der Waals surface area contributed by atoms with E-state index in [9.17, 15) is 32.3 Å². The summed E-state index contributed by atoms with van der Waals surface area (Å²) in [6.07, 6.45) is -5.40. The van der Waals surface area contributed by atoms with E-state index in [1.54, 1.807) is 44.4 Å². The lowest BCUT2D eigenvalue weighted by Gasteiger charge is -2.20. The first-order valence-corrected chi connectivity index (χ1v) is 13.7. The minimum Gasteiger partial charge on any atom is -0.493 e. The number of nitrogens with two attached hydrogens (primary N) is 2. The van der Waals surface area contributed by atoms with E-state index in [-0.39, 0.29) is 35.7 Å². The highest BCUT2D eigenvalue weighted by atomic mass is 19.4. The first-order chi connectivity index (χ1) is 22.6. The molecule has 7 N–H and O–H groups in total. The predicted octanol–water partition coefficient (Wildman–Crippen LogP) is 2.09. The van der Waals surface area contributed by atoms with Crippen LogP contribution < -0.4 is 36.7 Å². The van der Waals surface area contributed by atoms with Gasteiger partial charge in [-0.05, 0) is 54.1 Å². The molecular weight excluding hydrogens is 641 g/mol. The Bertz CT molecular complexity index is 1920. The van der Waals surface area contributed by atoms with Gasteiger partial charge in [0, 0.05) is 25.3 Å². The molecule has 0 aliphatic heterocycles. The number of nitrogens with one attached hydrogen (secondary N) is 3. The van der Waals surface area contributed by atoms with E-state index >= 15 is 0 Å². The number of alkyl halides is 3. The van der Waals surface area contributed by atoms with Gasteiger partial charge in [-0.1, -0.05) is 12.1 Å². The zero-order valence-corrected chi connectivity index (χ0v) is 25.5. The molecule has 0 aliphatic carbocycles. The van der Waals surface area contributed by atoms with Gasteiger partial charge in [0.05, 0.1) is 12.7 Å². The molecule has 0 radical (unpaired) electrons. The van der Waals surface area contributed by atoms with Gasteiger partial charge in [-0.15, -0.1) is 5.10 Å². The number of primary amides is 1. The van der Waals surface area contributed by atoms with Crippen LogP contribution in [0.4, 0.5) is 18.9 Å². The Morgan fingerprint density at radius 1 is 1.04 bits per heavy atom. The van der Waals surface area contributed by atoms with Gasteiger partial charge in [-0.25, -0.2) is 9.59 Å². The van der Waals surface area contributed by atoms with Crippen molar-refractivity contribution in [2.75, 3.05) is 33.1 Å². The average Bonchev–Trinajstić information content (AvgIpc) is 3.42. The average molecular weight is 671 g/mol. The highest BCUT2D eigenvalue weighted by Gasteiger charge is 2.42. The van der Waals surface area contributed by atoms with Crippen molar-refractivity contribution >= 4 is 29.3 Å². The number of rotatable bonds is 12. The Hall–Kier alpha value is -6.33. The number of esters is 1. The molecule has 3 aromatic carbocycles. The first kappa shape index (κ1) is 34.5. The van der Waals surface area contributed by atoms with Crippen molar-refractivity contribution in [3.05, 3.63) is 93.7 Å². The molecule has 0 fully saturated rings. The summed E-state index contributed by atoms with van der Waals surface area (Å²) in [7, 11) is 4.50. The van der Waals surface area contributed by atoms with Crippen LogP contribution in [0.15, 0.2) is 65.5 Å². The SMILES string of the molecule is COc1cc(C(Nc2ccc(C(=N)N)cc2)c2nn(-c3c(OC(=O)C(F)(F)F)cccc3C(N)=O)c(=O)[nH]2)ccc1OCC(=O)N(C)C. The predicted molar refractivity (Wildman–Crippen MR) is 164 cm³/mol. The number of benzene rings is 3. The van der Waals surface area contributed by atoms with Crippen molar-refractivity contribution in [3.63, 3.8) is 0 Å². The van der Waals surface area contributed by atoms with Crippen LogP contribution in [0.1, 0.15) is 33.4 Å². The van der Waals surface area contributed by atoms with Crippen LogP contribution in [0.25, 0.3) is 5.69 Å². The van der Waals surface area contributed by atoms with Crippen LogP contribution in [0.2, 0.25) is 0 Å². The standard InChI is InChI=1S/C30H29F3N8O7/c1-40(2)22(42)14-47-19-12-9-16(13-21(19)46-3)23(37-17-10-7-15(8-11-17)25(34)35)27-38-29(45)41(39-27)24-18(26(36)43)5-4-6-20(24)48-28(44)30(31,32)33/h4-13,23,37H,14H2,1-3H3,(H3,34,35)(H2,36,43)(H,38,39,45). The van der Waals surface area contributed by atoms with Gasteiger partial charge >= 0.3 is 17.8 Å². The molecule has 1 heterocycles. The molecule has 0 spiro atoms. The lowest BCUT2D eigenvalue weighted by molar-refractivity contribution is -0.189. The number of carbonyl (C=O) groups is 3. The maximum Gasteiger partial charge on any atom is 0.491 e. The van der Waals surface area contributed by atoms with Crippen molar-refractivity contribution in [2.24, 2.45) is 11.5 Å². The molecule has 1 unspecified atom stereocenters. The molecule has 4 rings (SSSR count). The number of ether oxygens (including phenoxy) is 3. The molecule has 1 aromatic heterocycles. The third kappa shape index (κ3) is 7.72. The number of likely N-dealkylation sites (N-methyl/N-ethyl adjacent to an activating group) is 1. The molecule has 4 aromatic rings. The fourth-order valence-corrected chi connectivity index (χ4v) is 4.28. The first-order valence-electron chi connectivity index (χ1n) is 13.7. The minimum atomic E-state index is -5.40. The van der Waals surface area contributed by atoms with Gasteiger partial charge in [0.2, 0.25) is 0 Å². The zero-order valence-electron chi connectivity index (χ0n) is 25.5. The maximum atomic E-state index is 13.3. The van der Waals surface area contributed by atoms with Crippen molar-refractivity contribution in [2.45, 2.75) is 12.2 Å². The fourth-order valence-electron chi connectivity index (χ4n) is 4.28. The monoisotopic (exact) mass is 670 g/mol. The number of amidine groups is 1. The van der Waals surface area contributed by atoms with Crippen LogP contribution in [-0.4, -0.2) is 77.3 Å². The number of hydrogen-bond acceptors (Lipinski definition) is 10. The molecule has 252 valence electrons. The number of hydrogen-bond donors (Lipinski definition) is 5. The van der Waals surface area contributed by atoms with Gasteiger partial charge < -0.3 is 35.9 Å². The molecule has 0 saturated heterocycles. The molecule has 18 heteroatoms. The summed E-state index contributed by atoms with van der Waals surface area (Å²) in [5.41, 5.74) is 10.2. The highest BCUT2D eigenvalue weighted by molar-refractivity contribution is 5.98. The molecule has 0 aliphatic rings. The summed E-state index contributed by atoms with van der Waals surface area (Å²) in [6.45, 7) is -0.287. The number of para-hydroxylation sites is 1. The van der Waals surface area contributed by atoms with Gasteiger partial charge in [-0.3, -0.25) is 20.0 Å². The molecule has 1 atom stereocenters. The van der Waals surface area contributed by atoms with Crippen LogP contribution >= 0.6 is 0 Å². The van der Waals surface area contributed by atoms with E-state index < -0.39 is 46.8 Å². The third-order valence-electron chi connectivity index (χ3n) is 6.70. The number of aromatic nitrogens is 3. The van der Waals surface area contributed by atoms with Crippen molar-refractivity contribution in [3.8, 4) is 22.9 Å². The Morgan fingerprint density at radius 3 is 2.31 bits per heavy atom. The smallest absolute Gasteiger partial charge is 0.491 e. The number of methoxy groups -OCH3 is 1. The van der Waals surface area contributed by atoms with Gasteiger partial charge in [0.15, 0.2) is 29.7 Å². The highest BCUT2D eigenvalue weighted by Crippen LogP contribution is 2.34. The quantitative estimate of drug-likeness (QED) is 0.0639. The van der Waals surface area contributed by atoms with E-state index in [1.807, 2.05) is 0 Å². The molecule has 15 nitrogen and oxygen atoms in total. The van der Waals surface area contributed by atoms with E-state index in [2.05, 4.69) is 20.1 Å². The van der Waals surface area contributed by atoms with Crippen LogP contribution in [0.5, 0.6) is 17.2 Å². The van der Waals surface area contributed by atoms with Gasteiger partial charge in [-0.2, -0.15) is 17.9 Å². The Kier molecular flexibility index (Phi) is 10.1. The molecule has 0 saturated carbocycles. The fraction of sp³-hybridized carbons (Fsp3) is 0.200. The van der Waals surface area contributed by atoms with Crippen LogP contribution in [0, 0.1) is 5.41 Å². The zero-order chi connectivity index (χ0) is 35.3. The van der Waals surface area contributed by atoms with Crippen molar-refractivity contribution in [1.82, 2.24) is 19.7 Å².